The van der Waals surface area contributed by atoms with Gasteiger partial charge in [-0.15, -0.1) is 0 Å². The largest absolute Gasteiger partial charge is 0.353 e. The lowest BCUT2D eigenvalue weighted by molar-refractivity contribution is -0.123. The molecule has 7 nitrogen and oxygen atoms in total. The van der Waals surface area contributed by atoms with Crippen LogP contribution in [-0.2, 0) is 4.79 Å². The molecule has 180 valence electrons. The highest BCUT2D eigenvalue weighted by Crippen LogP contribution is 2.38. The van der Waals surface area contributed by atoms with Crippen molar-refractivity contribution in [1.82, 2.24) is 19.2 Å². The highest BCUT2D eigenvalue weighted by molar-refractivity contribution is 8.26. The summed E-state index contributed by atoms with van der Waals surface area (Å²) in [5, 5.41) is 0. The van der Waals surface area contributed by atoms with Crippen molar-refractivity contribution >= 4 is 51.7 Å². The van der Waals surface area contributed by atoms with Crippen molar-refractivity contribution in [2.24, 2.45) is 0 Å². The van der Waals surface area contributed by atoms with E-state index in [4.69, 9.17) is 17.2 Å². The average molecular weight is 506 g/mol. The molecule has 9 heteroatoms. The normalized spacial score (nSPS) is 19.2. The Kier molecular flexibility index (Phi) is 6.48. The summed E-state index contributed by atoms with van der Waals surface area (Å²) < 4.78 is 2.05. The number of hydrogen-bond acceptors (Lipinski definition) is 7. The number of piperazine rings is 1. The van der Waals surface area contributed by atoms with Crippen molar-refractivity contribution in [2.45, 2.75) is 19.9 Å². The van der Waals surface area contributed by atoms with Crippen molar-refractivity contribution in [2.75, 3.05) is 38.1 Å². The second-order valence-electron chi connectivity index (χ2n) is 8.97. The van der Waals surface area contributed by atoms with Gasteiger partial charge in [-0.2, -0.15) is 0 Å². The van der Waals surface area contributed by atoms with E-state index < -0.39 is 0 Å². The van der Waals surface area contributed by atoms with Gasteiger partial charge in [-0.3, -0.25) is 18.9 Å². The van der Waals surface area contributed by atoms with Gasteiger partial charge in [0.2, 0.25) is 0 Å². The fourth-order valence-electron chi connectivity index (χ4n) is 4.51. The lowest BCUT2D eigenvalue weighted by atomic mass is 10.1. The van der Waals surface area contributed by atoms with Crippen molar-refractivity contribution in [3.8, 4) is 0 Å². The molecule has 0 spiro atoms. The number of thiocarbonyl (C=S) groups is 1. The van der Waals surface area contributed by atoms with E-state index in [1.54, 1.807) is 21.6 Å². The Morgan fingerprint density at radius 2 is 1.77 bits per heavy atom. The summed E-state index contributed by atoms with van der Waals surface area (Å²) in [6.07, 6.45) is 3.42. The Bertz CT molecular complexity index is 1390. The molecule has 0 N–H and O–H groups in total. The van der Waals surface area contributed by atoms with Crippen molar-refractivity contribution in [3.63, 3.8) is 0 Å². The number of aromatic nitrogens is 2. The van der Waals surface area contributed by atoms with Gasteiger partial charge in [0, 0.05) is 32.4 Å². The summed E-state index contributed by atoms with van der Waals surface area (Å²) in [6, 6.07) is 13.4. The van der Waals surface area contributed by atoms with Crippen LogP contribution in [-0.4, -0.2) is 62.6 Å². The van der Waals surface area contributed by atoms with Gasteiger partial charge >= 0.3 is 0 Å². The number of amides is 1. The topological polar surface area (TPSA) is 61.2 Å². The number of thioether (sulfide) groups is 1. The second-order valence-corrected chi connectivity index (χ2v) is 10.6. The van der Waals surface area contributed by atoms with Crippen molar-refractivity contribution in [1.29, 1.82) is 0 Å². The van der Waals surface area contributed by atoms with Gasteiger partial charge in [-0.05, 0) is 44.2 Å². The van der Waals surface area contributed by atoms with E-state index in [2.05, 4.69) is 16.8 Å². The molecule has 2 fully saturated rings. The molecule has 1 atom stereocenters. The third-order valence-corrected chi connectivity index (χ3v) is 7.97. The first-order valence-electron chi connectivity index (χ1n) is 11.6. The minimum Gasteiger partial charge on any atom is -0.353 e. The van der Waals surface area contributed by atoms with E-state index in [-0.39, 0.29) is 17.5 Å². The van der Waals surface area contributed by atoms with Gasteiger partial charge in [-0.1, -0.05) is 60.4 Å². The fraction of sp³-hybridized carbons (Fsp3) is 0.308. The molecule has 0 saturated carbocycles. The first-order valence-corrected chi connectivity index (χ1v) is 12.8. The van der Waals surface area contributed by atoms with Crippen LogP contribution in [0.15, 0.2) is 58.4 Å². The molecule has 1 amide bonds. The molecule has 35 heavy (non-hydrogen) atoms. The third kappa shape index (κ3) is 4.39. The summed E-state index contributed by atoms with van der Waals surface area (Å²) in [7, 11) is 2.09. The van der Waals surface area contributed by atoms with Crippen LogP contribution in [0.4, 0.5) is 5.82 Å². The van der Waals surface area contributed by atoms with E-state index in [1.807, 2.05) is 56.3 Å². The van der Waals surface area contributed by atoms with Crippen LogP contribution in [0.3, 0.4) is 0 Å². The number of rotatable bonds is 4. The number of aryl methyl sites for hydroxylation is 1. The Hall–Kier alpha value is -3.01. The van der Waals surface area contributed by atoms with Crippen molar-refractivity contribution in [3.05, 3.63) is 80.6 Å². The smallest absolute Gasteiger partial charge is 0.267 e. The monoisotopic (exact) mass is 505 g/mol. The number of benzene rings is 1. The molecular formula is C26H27N5O2S2. The minimum absolute atomic E-state index is 0.186. The van der Waals surface area contributed by atoms with Crippen LogP contribution in [0.5, 0.6) is 0 Å². The average Bonchev–Trinajstić information content (AvgIpc) is 3.14. The predicted octanol–water partition coefficient (Wildman–Crippen LogP) is 3.72. The fourth-order valence-corrected chi connectivity index (χ4v) is 5.91. The van der Waals surface area contributed by atoms with E-state index in [9.17, 15) is 9.59 Å². The van der Waals surface area contributed by atoms with Crippen LogP contribution in [0, 0.1) is 6.92 Å². The van der Waals surface area contributed by atoms with E-state index in [0.29, 0.717) is 26.3 Å². The van der Waals surface area contributed by atoms with Crippen LogP contribution in [0.25, 0.3) is 11.7 Å². The van der Waals surface area contributed by atoms with Crippen molar-refractivity contribution < 1.29 is 4.79 Å². The molecule has 2 aliphatic heterocycles. The van der Waals surface area contributed by atoms with Crippen LogP contribution >= 0.6 is 24.0 Å². The van der Waals surface area contributed by atoms with Gasteiger partial charge in [0.05, 0.1) is 16.5 Å². The Morgan fingerprint density at radius 3 is 2.49 bits per heavy atom. The van der Waals surface area contributed by atoms with Gasteiger partial charge in [0.1, 0.15) is 15.8 Å². The number of carbonyl (C=O) groups is 1. The van der Waals surface area contributed by atoms with Gasteiger partial charge in [0.25, 0.3) is 11.5 Å². The SMILES string of the molecule is Cc1cccn2c(=O)c(/C=C3/SC(=S)N(C(C)c4ccccc4)C3=O)c(N3CCN(C)CC3)nc12. The number of fused-ring (bicyclic) bond motifs is 1. The minimum atomic E-state index is -0.204. The molecule has 0 aliphatic carbocycles. The Morgan fingerprint density at radius 1 is 1.06 bits per heavy atom. The highest BCUT2D eigenvalue weighted by atomic mass is 32.2. The first-order chi connectivity index (χ1) is 16.8. The van der Waals surface area contributed by atoms with E-state index in [0.717, 1.165) is 37.3 Å². The van der Waals surface area contributed by atoms with Gasteiger partial charge in [0.15, 0.2) is 0 Å². The number of anilines is 1. The maximum atomic E-state index is 13.7. The lowest BCUT2D eigenvalue weighted by Gasteiger charge is -2.34. The zero-order valence-corrected chi connectivity index (χ0v) is 21.6. The number of likely N-dealkylation sites (N-methyl/N-ethyl adjacent to an activating group) is 1. The molecule has 0 bridgehead atoms. The van der Waals surface area contributed by atoms with E-state index in [1.165, 1.54) is 11.8 Å². The lowest BCUT2D eigenvalue weighted by Crippen LogP contribution is -2.45. The molecule has 1 unspecified atom stereocenters. The van der Waals surface area contributed by atoms with Gasteiger partial charge < -0.3 is 9.80 Å². The molecule has 2 aliphatic rings. The first kappa shape index (κ1) is 23.7. The Labute approximate surface area is 214 Å². The van der Waals surface area contributed by atoms with Gasteiger partial charge in [-0.25, -0.2) is 4.98 Å². The maximum absolute atomic E-state index is 13.7. The molecule has 2 aromatic heterocycles. The van der Waals surface area contributed by atoms with Crippen LogP contribution in [0.2, 0.25) is 0 Å². The summed E-state index contributed by atoms with van der Waals surface area (Å²) in [4.78, 5) is 38.6. The molecule has 3 aromatic rings. The predicted molar refractivity (Wildman–Crippen MR) is 146 cm³/mol. The number of pyridine rings is 1. The molecule has 2 saturated heterocycles. The number of hydrogen-bond donors (Lipinski definition) is 0. The summed E-state index contributed by atoms with van der Waals surface area (Å²) in [6.45, 7) is 7.20. The molecule has 0 radical (unpaired) electrons. The second kappa shape index (κ2) is 9.56. The maximum Gasteiger partial charge on any atom is 0.267 e. The van der Waals surface area contributed by atoms with Crippen LogP contribution < -0.4 is 10.5 Å². The zero-order chi connectivity index (χ0) is 24.7. The summed E-state index contributed by atoms with van der Waals surface area (Å²) >= 11 is 6.84. The third-order valence-electron chi connectivity index (χ3n) is 6.64. The number of nitrogens with zero attached hydrogens (tertiary/aromatic N) is 5. The zero-order valence-electron chi connectivity index (χ0n) is 20.0. The van der Waals surface area contributed by atoms with E-state index >= 15 is 0 Å². The molecule has 5 rings (SSSR count). The Balaban J connectivity index is 1.60. The molecular weight excluding hydrogens is 478 g/mol. The summed E-state index contributed by atoms with van der Waals surface area (Å²) in [5.74, 6) is 0.438. The molecule has 4 heterocycles. The summed E-state index contributed by atoms with van der Waals surface area (Å²) in [5.41, 5.74) is 2.80. The molecule has 1 aromatic carbocycles. The number of carbonyl (C=O) groups excluding carboxylic acids is 1. The highest BCUT2D eigenvalue weighted by Gasteiger charge is 2.36. The standard InChI is InChI=1S/C26H27N5O2S2/c1-17-8-7-11-30-22(17)27-23(29-14-12-28(3)13-15-29)20(24(30)32)16-21-25(33)31(26(34)35-21)18(2)19-9-5-4-6-10-19/h4-11,16,18H,12-15H2,1-3H3/b21-16+. The van der Waals surface area contributed by atoms with Crippen LogP contribution in [0.1, 0.15) is 29.7 Å². The quantitative estimate of drug-likeness (QED) is 0.396.